The zero-order valence-corrected chi connectivity index (χ0v) is 16.4. The Kier molecular flexibility index (Phi) is 5.63. The molecular weight excluding hydrogens is 356 g/mol. The molecule has 3 rings (SSSR count). The first-order valence-electron chi connectivity index (χ1n) is 9.11. The van der Waals surface area contributed by atoms with E-state index in [9.17, 15) is 9.59 Å². The van der Waals surface area contributed by atoms with Crippen molar-refractivity contribution in [1.82, 2.24) is 20.4 Å². The van der Waals surface area contributed by atoms with Crippen LogP contribution in [0.15, 0.2) is 46.9 Å². The van der Waals surface area contributed by atoms with Crippen LogP contribution < -0.4 is 10.6 Å². The summed E-state index contributed by atoms with van der Waals surface area (Å²) >= 11 is 0. The largest absolute Gasteiger partial charge is 0.451 e. The molecule has 1 atom stereocenters. The van der Waals surface area contributed by atoms with Gasteiger partial charge in [-0.1, -0.05) is 12.1 Å². The molecule has 146 valence electrons. The number of carbonyl (C=O) groups excluding carboxylic acids is 2. The van der Waals surface area contributed by atoms with E-state index in [-0.39, 0.29) is 23.6 Å². The minimum absolute atomic E-state index is 0.0645. The van der Waals surface area contributed by atoms with E-state index >= 15 is 0 Å². The maximum atomic E-state index is 12.5. The number of benzene rings is 1. The predicted molar refractivity (Wildman–Crippen MR) is 106 cm³/mol. The van der Waals surface area contributed by atoms with Gasteiger partial charge in [0.05, 0.1) is 12.2 Å². The lowest BCUT2D eigenvalue weighted by Crippen LogP contribution is -2.36. The molecule has 0 aliphatic heterocycles. The third-order valence-electron chi connectivity index (χ3n) is 4.42. The number of hydrogen-bond donors (Lipinski definition) is 2. The van der Waals surface area contributed by atoms with Gasteiger partial charge in [-0.15, -0.1) is 0 Å². The lowest BCUT2D eigenvalue weighted by molar-refractivity contribution is 0.0928. The predicted octanol–water partition coefficient (Wildman–Crippen LogP) is 2.94. The van der Waals surface area contributed by atoms with Crippen LogP contribution in [0.2, 0.25) is 0 Å². The van der Waals surface area contributed by atoms with Crippen molar-refractivity contribution >= 4 is 11.8 Å². The molecular formula is C21H24N4O3. The van der Waals surface area contributed by atoms with Crippen molar-refractivity contribution in [2.45, 2.75) is 33.4 Å². The van der Waals surface area contributed by atoms with Gasteiger partial charge in [0.2, 0.25) is 0 Å². The summed E-state index contributed by atoms with van der Waals surface area (Å²) in [5.74, 6) is 0.394. The Balaban J connectivity index is 1.64. The maximum Gasteiger partial charge on any atom is 0.286 e. The molecule has 0 spiro atoms. The summed E-state index contributed by atoms with van der Waals surface area (Å²) in [6.45, 7) is 6.51. The normalized spacial score (nSPS) is 11.9. The molecule has 1 unspecified atom stereocenters. The quantitative estimate of drug-likeness (QED) is 0.688. The summed E-state index contributed by atoms with van der Waals surface area (Å²) < 4.78 is 7.44. The number of amides is 2. The maximum absolute atomic E-state index is 12.5. The molecule has 7 nitrogen and oxygen atoms in total. The lowest BCUT2D eigenvalue weighted by Gasteiger charge is -2.15. The van der Waals surface area contributed by atoms with E-state index in [4.69, 9.17) is 4.42 Å². The van der Waals surface area contributed by atoms with Crippen LogP contribution in [0.3, 0.4) is 0 Å². The first kappa shape index (κ1) is 19.4. The zero-order chi connectivity index (χ0) is 20.3. The molecule has 2 aromatic heterocycles. The second kappa shape index (κ2) is 8.12. The van der Waals surface area contributed by atoms with Crippen molar-refractivity contribution in [3.8, 4) is 11.3 Å². The van der Waals surface area contributed by atoms with Gasteiger partial charge in [0, 0.05) is 29.9 Å². The van der Waals surface area contributed by atoms with Crippen LogP contribution in [0.25, 0.3) is 11.3 Å². The Morgan fingerprint density at radius 2 is 1.82 bits per heavy atom. The van der Waals surface area contributed by atoms with E-state index in [1.807, 2.05) is 31.5 Å². The molecule has 2 N–H and O–H groups in total. The molecule has 0 fully saturated rings. The third kappa shape index (κ3) is 4.31. The van der Waals surface area contributed by atoms with Gasteiger partial charge >= 0.3 is 0 Å². The van der Waals surface area contributed by atoms with E-state index in [0.29, 0.717) is 17.9 Å². The highest BCUT2D eigenvalue weighted by molar-refractivity contribution is 5.95. The van der Waals surface area contributed by atoms with Gasteiger partial charge < -0.3 is 15.1 Å². The number of aromatic nitrogens is 2. The van der Waals surface area contributed by atoms with E-state index in [1.54, 1.807) is 43.4 Å². The average Bonchev–Trinajstić information content (AvgIpc) is 3.28. The van der Waals surface area contributed by atoms with Crippen molar-refractivity contribution in [2.75, 3.05) is 7.05 Å². The topological polar surface area (TPSA) is 89.2 Å². The van der Waals surface area contributed by atoms with Crippen LogP contribution >= 0.6 is 0 Å². The Morgan fingerprint density at radius 1 is 1.11 bits per heavy atom. The Hall–Kier alpha value is -3.35. The van der Waals surface area contributed by atoms with E-state index in [2.05, 4.69) is 15.7 Å². The number of rotatable bonds is 6. The van der Waals surface area contributed by atoms with Crippen molar-refractivity contribution in [3.63, 3.8) is 0 Å². The van der Waals surface area contributed by atoms with Gasteiger partial charge in [-0.05, 0) is 51.1 Å². The Morgan fingerprint density at radius 3 is 2.43 bits per heavy atom. The van der Waals surface area contributed by atoms with E-state index in [0.717, 1.165) is 17.0 Å². The van der Waals surface area contributed by atoms with Gasteiger partial charge in [0.25, 0.3) is 11.8 Å². The SMILES string of the molecule is CNC(=O)c1ccc(-c2ccc(C(=O)NC(C)Cn3nc(C)cc3C)cc2)o1. The minimum atomic E-state index is -0.279. The highest BCUT2D eigenvalue weighted by Crippen LogP contribution is 2.22. The summed E-state index contributed by atoms with van der Waals surface area (Å²) in [4.78, 5) is 24.1. The van der Waals surface area contributed by atoms with Gasteiger partial charge in [-0.2, -0.15) is 5.10 Å². The molecule has 2 amide bonds. The number of aryl methyl sites for hydroxylation is 2. The van der Waals surface area contributed by atoms with Gasteiger partial charge in [-0.25, -0.2) is 0 Å². The van der Waals surface area contributed by atoms with Crippen molar-refractivity contribution < 1.29 is 14.0 Å². The Bertz CT molecular complexity index is 986. The fourth-order valence-electron chi connectivity index (χ4n) is 3.00. The van der Waals surface area contributed by atoms with Gasteiger partial charge in [-0.3, -0.25) is 14.3 Å². The van der Waals surface area contributed by atoms with Crippen LogP contribution in [0.4, 0.5) is 0 Å². The Labute approximate surface area is 163 Å². The molecule has 0 radical (unpaired) electrons. The first-order valence-corrected chi connectivity index (χ1v) is 9.11. The number of nitrogens with one attached hydrogen (secondary N) is 2. The first-order chi connectivity index (χ1) is 13.4. The summed E-state index contributed by atoms with van der Waals surface area (Å²) in [6.07, 6.45) is 0. The number of hydrogen-bond acceptors (Lipinski definition) is 4. The van der Waals surface area contributed by atoms with E-state index in [1.165, 1.54) is 0 Å². The van der Waals surface area contributed by atoms with Crippen LogP contribution in [0.5, 0.6) is 0 Å². The van der Waals surface area contributed by atoms with Crippen LogP contribution in [-0.2, 0) is 6.54 Å². The summed E-state index contributed by atoms with van der Waals surface area (Å²) in [7, 11) is 1.55. The zero-order valence-electron chi connectivity index (χ0n) is 16.4. The lowest BCUT2D eigenvalue weighted by atomic mass is 10.1. The van der Waals surface area contributed by atoms with Gasteiger partial charge in [0.15, 0.2) is 5.76 Å². The fourth-order valence-corrected chi connectivity index (χ4v) is 3.00. The average molecular weight is 380 g/mol. The van der Waals surface area contributed by atoms with Gasteiger partial charge in [0.1, 0.15) is 5.76 Å². The van der Waals surface area contributed by atoms with Crippen LogP contribution in [0.1, 0.15) is 39.2 Å². The molecule has 0 saturated carbocycles. The molecule has 1 aromatic carbocycles. The standard InChI is InChI=1S/C21H24N4O3/c1-13-11-15(3)25(24-13)12-14(2)23-20(26)17-7-5-16(6-8-17)18-9-10-19(28-18)21(27)22-4/h5-11,14H,12H2,1-4H3,(H,22,27)(H,23,26). The fraction of sp³-hybridized carbons (Fsp3) is 0.286. The number of carbonyl (C=O) groups is 2. The highest BCUT2D eigenvalue weighted by atomic mass is 16.3. The monoisotopic (exact) mass is 380 g/mol. The van der Waals surface area contributed by atoms with Crippen LogP contribution in [-0.4, -0.2) is 34.7 Å². The molecule has 2 heterocycles. The number of nitrogens with zero attached hydrogens (tertiary/aromatic N) is 2. The highest BCUT2D eigenvalue weighted by Gasteiger charge is 2.14. The second-order valence-corrected chi connectivity index (χ2v) is 6.80. The second-order valence-electron chi connectivity index (χ2n) is 6.80. The smallest absolute Gasteiger partial charge is 0.286 e. The molecule has 7 heteroatoms. The van der Waals surface area contributed by atoms with Crippen molar-refractivity contribution in [2.24, 2.45) is 0 Å². The van der Waals surface area contributed by atoms with Crippen molar-refractivity contribution in [3.05, 3.63) is 65.2 Å². The molecule has 0 bridgehead atoms. The number of furan rings is 1. The van der Waals surface area contributed by atoms with E-state index < -0.39 is 0 Å². The summed E-state index contributed by atoms with van der Waals surface area (Å²) in [5.41, 5.74) is 3.38. The molecule has 0 aliphatic carbocycles. The molecule has 28 heavy (non-hydrogen) atoms. The molecule has 0 aliphatic rings. The third-order valence-corrected chi connectivity index (χ3v) is 4.42. The summed E-state index contributed by atoms with van der Waals surface area (Å²) in [5, 5.41) is 9.93. The molecule has 0 saturated heterocycles. The summed E-state index contributed by atoms with van der Waals surface area (Å²) in [6, 6.07) is 12.4. The van der Waals surface area contributed by atoms with Crippen molar-refractivity contribution in [1.29, 1.82) is 0 Å². The van der Waals surface area contributed by atoms with Crippen LogP contribution in [0, 0.1) is 13.8 Å². The molecule has 3 aromatic rings. The minimum Gasteiger partial charge on any atom is -0.451 e.